The third kappa shape index (κ3) is 4.87. The van der Waals surface area contributed by atoms with Crippen molar-refractivity contribution in [3.05, 3.63) is 23.8 Å². The lowest BCUT2D eigenvalue weighted by molar-refractivity contribution is -0.137. The topological polar surface area (TPSA) is 108 Å². The molecule has 0 aromatic heterocycles. The third-order valence-corrected chi connectivity index (χ3v) is 4.20. The van der Waals surface area contributed by atoms with Crippen LogP contribution in [-0.2, 0) is 14.3 Å². The fraction of sp³-hybridized carbons (Fsp3) is 0.500. The number of primary amides is 1. The van der Waals surface area contributed by atoms with Crippen LogP contribution < -0.4 is 15.2 Å². The summed E-state index contributed by atoms with van der Waals surface area (Å²) in [6, 6.07) is 4.66. The quantitative estimate of drug-likeness (QED) is 0.723. The van der Waals surface area contributed by atoms with Crippen LogP contribution in [-0.4, -0.2) is 56.1 Å². The molecule has 8 nitrogen and oxygen atoms in total. The molecular weight excluding hydrogens is 340 g/mol. The molecule has 2 amide bonds. The molecule has 1 saturated heterocycles. The number of carbonyl (C=O) groups excluding carboxylic acids is 3. The summed E-state index contributed by atoms with van der Waals surface area (Å²) in [7, 11) is 1.47. The van der Waals surface area contributed by atoms with Crippen molar-refractivity contribution in [2.75, 3.05) is 33.4 Å². The van der Waals surface area contributed by atoms with Crippen molar-refractivity contribution in [3.8, 4) is 11.5 Å². The fourth-order valence-electron chi connectivity index (χ4n) is 2.81. The smallest absolute Gasteiger partial charge is 0.338 e. The Morgan fingerprint density at radius 3 is 2.69 bits per heavy atom. The minimum atomic E-state index is -0.636. The number of benzene rings is 1. The molecule has 0 unspecified atom stereocenters. The summed E-state index contributed by atoms with van der Waals surface area (Å²) in [5.74, 6) is -0.813. The van der Waals surface area contributed by atoms with Gasteiger partial charge in [-0.3, -0.25) is 9.59 Å². The highest BCUT2D eigenvalue weighted by atomic mass is 16.5. The van der Waals surface area contributed by atoms with E-state index in [1.165, 1.54) is 18.1 Å². The number of rotatable bonds is 7. The van der Waals surface area contributed by atoms with E-state index in [0.717, 1.165) is 0 Å². The number of nitrogens with zero attached hydrogens (tertiary/aromatic N) is 1. The first-order chi connectivity index (χ1) is 12.5. The Balaban J connectivity index is 1.93. The highest BCUT2D eigenvalue weighted by Crippen LogP contribution is 2.28. The van der Waals surface area contributed by atoms with Crippen molar-refractivity contribution < 1.29 is 28.6 Å². The monoisotopic (exact) mass is 364 g/mol. The van der Waals surface area contributed by atoms with E-state index in [9.17, 15) is 14.4 Å². The van der Waals surface area contributed by atoms with Gasteiger partial charge >= 0.3 is 5.97 Å². The lowest BCUT2D eigenvalue weighted by Crippen LogP contribution is -2.45. The van der Waals surface area contributed by atoms with E-state index in [2.05, 4.69) is 0 Å². The van der Waals surface area contributed by atoms with Crippen LogP contribution in [0.5, 0.6) is 11.5 Å². The standard InChI is InChI=1S/C18H24N2O6/c1-3-25-14-7-6-12(9-15(14)24-2)18(23)26-11-16(21)20-8-4-5-13(10-20)17(19)22/h6-7,9,13H,3-5,8,10-11H2,1-2H3,(H2,19,22)/t13-/m1/s1. The molecule has 0 aliphatic carbocycles. The minimum Gasteiger partial charge on any atom is -0.493 e. The van der Waals surface area contributed by atoms with Crippen molar-refractivity contribution in [2.24, 2.45) is 11.7 Å². The van der Waals surface area contributed by atoms with Crippen molar-refractivity contribution in [2.45, 2.75) is 19.8 Å². The number of piperidine rings is 1. The lowest BCUT2D eigenvalue weighted by Gasteiger charge is -2.31. The van der Waals surface area contributed by atoms with Crippen LogP contribution in [0.15, 0.2) is 18.2 Å². The fourth-order valence-corrected chi connectivity index (χ4v) is 2.81. The van der Waals surface area contributed by atoms with Gasteiger partial charge in [0.2, 0.25) is 5.91 Å². The average Bonchev–Trinajstić information content (AvgIpc) is 2.66. The van der Waals surface area contributed by atoms with Crippen LogP contribution in [0.1, 0.15) is 30.1 Å². The molecule has 1 aliphatic heterocycles. The van der Waals surface area contributed by atoms with Gasteiger partial charge in [-0.2, -0.15) is 0 Å². The maximum atomic E-state index is 12.2. The Labute approximate surface area is 152 Å². The molecule has 1 heterocycles. The molecule has 142 valence electrons. The molecule has 1 fully saturated rings. The summed E-state index contributed by atoms with van der Waals surface area (Å²) in [5, 5.41) is 0. The SMILES string of the molecule is CCOc1ccc(C(=O)OCC(=O)N2CCC[C@@H](C(N)=O)C2)cc1OC. The van der Waals surface area contributed by atoms with Crippen molar-refractivity contribution in [1.82, 2.24) is 4.90 Å². The number of carbonyl (C=O) groups is 3. The van der Waals surface area contributed by atoms with Gasteiger partial charge in [-0.25, -0.2) is 4.79 Å². The molecule has 1 aromatic carbocycles. The summed E-state index contributed by atoms with van der Waals surface area (Å²) in [6.45, 7) is 2.72. The van der Waals surface area contributed by atoms with Crippen LogP contribution in [0, 0.1) is 5.92 Å². The Bertz CT molecular complexity index is 676. The Hall–Kier alpha value is -2.77. The molecule has 26 heavy (non-hydrogen) atoms. The second-order valence-corrected chi connectivity index (χ2v) is 5.96. The number of nitrogens with two attached hydrogens (primary N) is 1. The molecule has 1 atom stereocenters. The van der Waals surface area contributed by atoms with Gasteiger partial charge in [0.25, 0.3) is 5.91 Å². The first-order valence-electron chi connectivity index (χ1n) is 8.51. The molecule has 2 rings (SSSR count). The Kier molecular flexibility index (Phi) is 6.82. The molecule has 2 N–H and O–H groups in total. The summed E-state index contributed by atoms with van der Waals surface area (Å²) >= 11 is 0. The molecule has 0 bridgehead atoms. The third-order valence-electron chi connectivity index (χ3n) is 4.20. The second kappa shape index (κ2) is 9.07. The highest BCUT2D eigenvalue weighted by molar-refractivity contribution is 5.92. The van der Waals surface area contributed by atoms with Crippen LogP contribution in [0.2, 0.25) is 0 Å². The lowest BCUT2D eigenvalue weighted by atomic mass is 9.97. The van der Waals surface area contributed by atoms with Crippen molar-refractivity contribution in [3.63, 3.8) is 0 Å². The predicted octanol–water partition coefficient (Wildman–Crippen LogP) is 0.975. The van der Waals surface area contributed by atoms with E-state index in [1.54, 1.807) is 12.1 Å². The first-order valence-corrected chi connectivity index (χ1v) is 8.51. The average molecular weight is 364 g/mol. The van der Waals surface area contributed by atoms with E-state index < -0.39 is 11.9 Å². The summed E-state index contributed by atoms with van der Waals surface area (Å²) in [4.78, 5) is 37.2. The number of ether oxygens (including phenoxy) is 3. The van der Waals surface area contributed by atoms with Crippen LogP contribution >= 0.6 is 0 Å². The van der Waals surface area contributed by atoms with Gasteiger partial charge in [0.15, 0.2) is 18.1 Å². The molecule has 1 aromatic rings. The number of amides is 2. The summed E-state index contributed by atoms with van der Waals surface area (Å²) in [6.07, 6.45) is 1.37. The van der Waals surface area contributed by atoms with Gasteiger partial charge in [-0.15, -0.1) is 0 Å². The normalized spacial score (nSPS) is 16.7. The molecular formula is C18H24N2O6. The van der Waals surface area contributed by atoms with E-state index >= 15 is 0 Å². The number of likely N-dealkylation sites (tertiary alicyclic amines) is 1. The largest absolute Gasteiger partial charge is 0.493 e. The number of esters is 1. The van der Waals surface area contributed by atoms with Crippen LogP contribution in [0.4, 0.5) is 0 Å². The zero-order valence-corrected chi connectivity index (χ0v) is 15.0. The van der Waals surface area contributed by atoms with Gasteiger partial charge in [0, 0.05) is 13.1 Å². The Morgan fingerprint density at radius 1 is 1.27 bits per heavy atom. The van der Waals surface area contributed by atoms with Crippen LogP contribution in [0.25, 0.3) is 0 Å². The molecule has 0 spiro atoms. The van der Waals surface area contributed by atoms with Crippen molar-refractivity contribution >= 4 is 17.8 Å². The zero-order valence-electron chi connectivity index (χ0n) is 15.0. The number of hydrogen-bond acceptors (Lipinski definition) is 6. The number of hydrogen-bond donors (Lipinski definition) is 1. The van der Waals surface area contributed by atoms with E-state index in [0.29, 0.717) is 37.5 Å². The Morgan fingerprint density at radius 2 is 2.04 bits per heavy atom. The zero-order chi connectivity index (χ0) is 19.1. The summed E-state index contributed by atoms with van der Waals surface area (Å²) < 4.78 is 15.7. The van der Waals surface area contributed by atoms with Gasteiger partial charge in [0.1, 0.15) is 0 Å². The maximum Gasteiger partial charge on any atom is 0.338 e. The number of methoxy groups -OCH3 is 1. The minimum absolute atomic E-state index is 0.256. The van der Waals surface area contributed by atoms with Crippen molar-refractivity contribution in [1.29, 1.82) is 0 Å². The van der Waals surface area contributed by atoms with Gasteiger partial charge < -0.3 is 24.8 Å². The van der Waals surface area contributed by atoms with Gasteiger partial charge in [-0.05, 0) is 38.0 Å². The predicted molar refractivity (Wildman–Crippen MR) is 92.9 cm³/mol. The van der Waals surface area contributed by atoms with E-state index in [-0.39, 0.29) is 30.5 Å². The first kappa shape index (κ1) is 19.6. The van der Waals surface area contributed by atoms with E-state index in [4.69, 9.17) is 19.9 Å². The maximum absolute atomic E-state index is 12.2. The molecule has 0 saturated carbocycles. The summed E-state index contributed by atoms with van der Waals surface area (Å²) in [5.41, 5.74) is 5.56. The molecule has 0 radical (unpaired) electrons. The molecule has 8 heteroatoms. The van der Waals surface area contributed by atoms with Crippen LogP contribution in [0.3, 0.4) is 0 Å². The van der Waals surface area contributed by atoms with E-state index in [1.807, 2.05) is 6.92 Å². The highest BCUT2D eigenvalue weighted by Gasteiger charge is 2.27. The van der Waals surface area contributed by atoms with Gasteiger partial charge in [0.05, 0.1) is 25.2 Å². The van der Waals surface area contributed by atoms with Gasteiger partial charge in [-0.1, -0.05) is 0 Å². The second-order valence-electron chi connectivity index (χ2n) is 5.96. The molecule has 1 aliphatic rings.